The van der Waals surface area contributed by atoms with Crippen LogP contribution < -0.4 is 15.5 Å². The van der Waals surface area contributed by atoms with Crippen molar-refractivity contribution < 1.29 is 9.66 Å². The normalized spacial score (nSPS) is 17.0. The summed E-state index contributed by atoms with van der Waals surface area (Å²) in [6.07, 6.45) is 3.25. The summed E-state index contributed by atoms with van der Waals surface area (Å²) in [5, 5.41) is 17.3. The summed E-state index contributed by atoms with van der Waals surface area (Å²) in [5.41, 5.74) is 1.86. The number of anilines is 4. The summed E-state index contributed by atoms with van der Waals surface area (Å²) in [4.78, 5) is 21.3. The van der Waals surface area contributed by atoms with Crippen molar-refractivity contribution in [1.82, 2.24) is 9.97 Å². The van der Waals surface area contributed by atoms with E-state index in [2.05, 4.69) is 25.5 Å². The van der Waals surface area contributed by atoms with Gasteiger partial charge in [0.15, 0.2) is 0 Å². The average Bonchev–Trinajstić information content (AvgIpc) is 3.47. The standard InChI is InChI=1S/C17H20N6O3/c24-23(25)15-11-18-17(21-16(15)19-12-1-2-12)20-13-3-5-14(6-4-13)22-7-9-26-10-8-22/h3-6,11-12H,1-2,7-10H2,(H2,18,19,20,21). The van der Waals surface area contributed by atoms with Crippen molar-refractivity contribution in [2.24, 2.45) is 0 Å². The second kappa shape index (κ2) is 7.12. The maximum absolute atomic E-state index is 11.1. The second-order valence-electron chi connectivity index (χ2n) is 6.37. The first-order valence-corrected chi connectivity index (χ1v) is 8.67. The molecule has 0 atom stereocenters. The monoisotopic (exact) mass is 356 g/mol. The molecule has 0 amide bonds. The van der Waals surface area contributed by atoms with Crippen molar-refractivity contribution in [3.63, 3.8) is 0 Å². The highest BCUT2D eigenvalue weighted by atomic mass is 16.6. The minimum Gasteiger partial charge on any atom is -0.378 e. The van der Waals surface area contributed by atoms with E-state index in [1.54, 1.807) is 0 Å². The smallest absolute Gasteiger partial charge is 0.329 e. The molecule has 2 aliphatic rings. The van der Waals surface area contributed by atoms with E-state index in [9.17, 15) is 10.1 Å². The van der Waals surface area contributed by atoms with Crippen LogP contribution in [-0.2, 0) is 4.74 Å². The zero-order valence-electron chi connectivity index (χ0n) is 14.2. The summed E-state index contributed by atoms with van der Waals surface area (Å²) in [6, 6.07) is 8.22. The number of hydrogen-bond acceptors (Lipinski definition) is 8. The van der Waals surface area contributed by atoms with Crippen LogP contribution in [-0.4, -0.2) is 47.2 Å². The lowest BCUT2D eigenvalue weighted by Gasteiger charge is -2.28. The van der Waals surface area contributed by atoms with Crippen LogP contribution in [0.1, 0.15) is 12.8 Å². The third-order valence-corrected chi connectivity index (χ3v) is 4.38. The largest absolute Gasteiger partial charge is 0.378 e. The van der Waals surface area contributed by atoms with Crippen LogP contribution in [0.15, 0.2) is 30.5 Å². The van der Waals surface area contributed by atoms with Gasteiger partial charge in [0.05, 0.1) is 18.1 Å². The molecule has 1 saturated carbocycles. The fourth-order valence-electron chi connectivity index (χ4n) is 2.80. The Labute approximate surface area is 150 Å². The van der Waals surface area contributed by atoms with Crippen molar-refractivity contribution in [3.05, 3.63) is 40.6 Å². The van der Waals surface area contributed by atoms with Gasteiger partial charge >= 0.3 is 5.69 Å². The Hall–Kier alpha value is -2.94. The van der Waals surface area contributed by atoms with Gasteiger partial charge in [-0.2, -0.15) is 4.98 Å². The molecule has 1 saturated heterocycles. The van der Waals surface area contributed by atoms with Gasteiger partial charge in [0, 0.05) is 30.5 Å². The first kappa shape index (κ1) is 16.5. The Morgan fingerprint density at radius 1 is 1.19 bits per heavy atom. The zero-order valence-corrected chi connectivity index (χ0v) is 14.2. The number of hydrogen-bond donors (Lipinski definition) is 2. The third kappa shape index (κ3) is 3.83. The Morgan fingerprint density at radius 3 is 2.58 bits per heavy atom. The molecule has 0 bridgehead atoms. The van der Waals surface area contributed by atoms with Gasteiger partial charge in [-0.15, -0.1) is 0 Å². The molecule has 9 heteroatoms. The van der Waals surface area contributed by atoms with Gasteiger partial charge in [-0.1, -0.05) is 0 Å². The van der Waals surface area contributed by atoms with Gasteiger partial charge in [-0.05, 0) is 37.1 Å². The van der Waals surface area contributed by atoms with Crippen molar-refractivity contribution in [2.75, 3.05) is 41.8 Å². The van der Waals surface area contributed by atoms with E-state index < -0.39 is 4.92 Å². The molecule has 2 fully saturated rings. The Kier molecular flexibility index (Phi) is 4.53. The molecular weight excluding hydrogens is 336 g/mol. The van der Waals surface area contributed by atoms with E-state index >= 15 is 0 Å². The Morgan fingerprint density at radius 2 is 1.92 bits per heavy atom. The molecule has 1 aromatic heterocycles. The van der Waals surface area contributed by atoms with Crippen molar-refractivity contribution in [3.8, 4) is 0 Å². The van der Waals surface area contributed by atoms with Gasteiger partial charge in [0.1, 0.15) is 6.20 Å². The van der Waals surface area contributed by atoms with Crippen LogP contribution in [0.25, 0.3) is 0 Å². The molecule has 1 aliphatic carbocycles. The summed E-state index contributed by atoms with van der Waals surface area (Å²) in [7, 11) is 0. The number of benzene rings is 1. The number of rotatable bonds is 6. The van der Waals surface area contributed by atoms with Crippen molar-refractivity contribution in [1.29, 1.82) is 0 Å². The maximum atomic E-state index is 11.1. The van der Waals surface area contributed by atoms with E-state index in [1.807, 2.05) is 24.3 Å². The van der Waals surface area contributed by atoms with Gasteiger partial charge < -0.3 is 20.3 Å². The number of nitro groups is 1. The molecule has 1 aromatic carbocycles. The predicted octanol–water partition coefficient (Wildman–Crippen LogP) is 2.54. The van der Waals surface area contributed by atoms with Crippen LogP contribution in [0.5, 0.6) is 0 Å². The van der Waals surface area contributed by atoms with Crippen LogP contribution >= 0.6 is 0 Å². The number of nitrogens with one attached hydrogen (secondary N) is 2. The summed E-state index contributed by atoms with van der Waals surface area (Å²) < 4.78 is 5.37. The molecule has 0 unspecified atom stereocenters. The van der Waals surface area contributed by atoms with Crippen molar-refractivity contribution >= 4 is 28.8 Å². The molecule has 1 aliphatic heterocycles. The lowest BCUT2D eigenvalue weighted by atomic mass is 10.2. The first-order chi connectivity index (χ1) is 12.7. The second-order valence-corrected chi connectivity index (χ2v) is 6.37. The lowest BCUT2D eigenvalue weighted by molar-refractivity contribution is -0.384. The number of morpholine rings is 1. The van der Waals surface area contributed by atoms with E-state index in [0.29, 0.717) is 5.95 Å². The molecule has 0 spiro atoms. The molecule has 0 radical (unpaired) electrons. The van der Waals surface area contributed by atoms with Crippen LogP contribution in [0.4, 0.5) is 28.8 Å². The highest BCUT2D eigenvalue weighted by Crippen LogP contribution is 2.30. The molecule has 9 nitrogen and oxygen atoms in total. The fraction of sp³-hybridized carbons (Fsp3) is 0.412. The predicted molar refractivity (Wildman–Crippen MR) is 98.1 cm³/mol. The molecule has 4 rings (SSSR count). The fourth-order valence-corrected chi connectivity index (χ4v) is 2.80. The van der Waals surface area contributed by atoms with Gasteiger partial charge in [-0.3, -0.25) is 10.1 Å². The molecule has 2 N–H and O–H groups in total. The highest BCUT2D eigenvalue weighted by molar-refractivity contribution is 5.63. The van der Waals surface area contributed by atoms with E-state index in [0.717, 1.165) is 50.5 Å². The third-order valence-electron chi connectivity index (χ3n) is 4.38. The number of nitrogens with zero attached hydrogens (tertiary/aromatic N) is 4. The molecular formula is C17H20N6O3. The summed E-state index contributed by atoms with van der Waals surface area (Å²) in [6.45, 7) is 3.25. The van der Waals surface area contributed by atoms with E-state index in [-0.39, 0.29) is 17.5 Å². The molecule has 2 heterocycles. The quantitative estimate of drug-likeness (QED) is 0.601. The topological polar surface area (TPSA) is 105 Å². The zero-order chi connectivity index (χ0) is 17.9. The van der Waals surface area contributed by atoms with Crippen LogP contribution in [0, 0.1) is 10.1 Å². The molecule has 2 aromatic rings. The minimum atomic E-state index is -0.467. The maximum Gasteiger partial charge on any atom is 0.329 e. The van der Waals surface area contributed by atoms with Gasteiger partial charge in [0.25, 0.3) is 0 Å². The van der Waals surface area contributed by atoms with E-state index in [1.165, 1.54) is 6.20 Å². The SMILES string of the molecule is O=[N+]([O-])c1cnc(Nc2ccc(N3CCOCC3)cc2)nc1NC1CC1. The minimum absolute atomic E-state index is 0.106. The number of ether oxygens (including phenoxy) is 1. The summed E-state index contributed by atoms with van der Waals surface area (Å²) in [5.74, 6) is 0.595. The summed E-state index contributed by atoms with van der Waals surface area (Å²) >= 11 is 0. The van der Waals surface area contributed by atoms with Gasteiger partial charge in [0.2, 0.25) is 11.8 Å². The van der Waals surface area contributed by atoms with Gasteiger partial charge in [-0.25, -0.2) is 4.98 Å². The van der Waals surface area contributed by atoms with Crippen LogP contribution in [0.2, 0.25) is 0 Å². The molecule has 26 heavy (non-hydrogen) atoms. The lowest BCUT2D eigenvalue weighted by Crippen LogP contribution is -2.36. The number of aromatic nitrogens is 2. The van der Waals surface area contributed by atoms with Crippen molar-refractivity contribution in [2.45, 2.75) is 18.9 Å². The Balaban J connectivity index is 1.48. The first-order valence-electron chi connectivity index (χ1n) is 8.67. The Bertz CT molecular complexity index is 788. The highest BCUT2D eigenvalue weighted by Gasteiger charge is 2.26. The molecule has 136 valence electrons. The van der Waals surface area contributed by atoms with Crippen LogP contribution in [0.3, 0.4) is 0 Å². The van der Waals surface area contributed by atoms with E-state index in [4.69, 9.17) is 4.74 Å². The average molecular weight is 356 g/mol.